The summed E-state index contributed by atoms with van der Waals surface area (Å²) in [6.45, 7) is 4.74. The van der Waals surface area contributed by atoms with E-state index in [0.29, 0.717) is 11.0 Å². The lowest BCUT2D eigenvalue weighted by atomic mass is 9.70. The van der Waals surface area contributed by atoms with E-state index in [9.17, 15) is 4.79 Å². The molecule has 0 saturated heterocycles. The Hall–Kier alpha value is -5.99. The van der Waals surface area contributed by atoms with Gasteiger partial charge in [-0.1, -0.05) is 147 Å². The third-order valence-corrected chi connectivity index (χ3v) is 11.3. The van der Waals surface area contributed by atoms with E-state index in [1.165, 1.54) is 44.5 Å². The van der Waals surface area contributed by atoms with Gasteiger partial charge in [0.25, 0.3) is 0 Å². The largest absolute Gasteiger partial charge is 0.422 e. The quantitative estimate of drug-likeness (QED) is 0.142. The van der Waals surface area contributed by atoms with Crippen molar-refractivity contribution in [2.75, 3.05) is 0 Å². The van der Waals surface area contributed by atoms with Crippen molar-refractivity contribution in [1.29, 1.82) is 0 Å². The van der Waals surface area contributed by atoms with Gasteiger partial charge in [-0.05, 0) is 96.8 Å². The Bertz CT molecular complexity index is 2720. The van der Waals surface area contributed by atoms with Gasteiger partial charge < -0.3 is 4.42 Å². The summed E-state index contributed by atoms with van der Waals surface area (Å²) < 4.78 is 6.29. The Balaban J connectivity index is 1.18. The van der Waals surface area contributed by atoms with Crippen molar-refractivity contribution in [3.63, 3.8) is 0 Å². The topological polar surface area (TPSA) is 30.2 Å². The van der Waals surface area contributed by atoms with Gasteiger partial charge in [-0.3, -0.25) is 0 Å². The minimum atomic E-state index is -0.305. The molecule has 7 aromatic carbocycles. The van der Waals surface area contributed by atoms with Crippen LogP contribution in [0.1, 0.15) is 47.6 Å². The van der Waals surface area contributed by atoms with Crippen LogP contribution in [0, 0.1) is 0 Å². The fourth-order valence-electron chi connectivity index (χ4n) is 9.00. The van der Waals surface area contributed by atoms with Gasteiger partial charge in [0.05, 0.1) is 5.39 Å². The van der Waals surface area contributed by atoms with Gasteiger partial charge in [-0.25, -0.2) is 4.79 Å². The lowest BCUT2D eigenvalue weighted by Crippen LogP contribution is -2.21. The first-order chi connectivity index (χ1) is 24.5. The fourth-order valence-corrected chi connectivity index (χ4v) is 9.00. The van der Waals surface area contributed by atoms with Crippen molar-refractivity contribution in [3.05, 3.63) is 190 Å². The molecule has 0 N–H and O–H groups in total. The van der Waals surface area contributed by atoms with Crippen LogP contribution >= 0.6 is 0 Å². The van der Waals surface area contributed by atoms with Gasteiger partial charge in [-0.2, -0.15) is 0 Å². The van der Waals surface area contributed by atoms with Crippen molar-refractivity contribution in [2.24, 2.45) is 0 Å². The van der Waals surface area contributed by atoms with Crippen LogP contribution in [0.15, 0.2) is 161 Å². The molecule has 1 unspecified atom stereocenters. The van der Waals surface area contributed by atoms with Crippen LogP contribution in [0.4, 0.5) is 0 Å². The molecule has 2 nitrogen and oxygen atoms in total. The Morgan fingerprint density at radius 2 is 1.22 bits per heavy atom. The van der Waals surface area contributed by atoms with Crippen molar-refractivity contribution in [1.82, 2.24) is 0 Å². The SMILES string of the molecule is CC1(C)c2ccccc2-c2ccc3c(c21)CC(c1ccc2c(c1)c(=O)oc1c(-c4ccccc4)cc(-c4ccccc4)cc12)c1ccccc1-3. The normalized spacial score (nSPS) is 15.4. The van der Waals surface area contributed by atoms with E-state index in [-0.39, 0.29) is 17.0 Å². The first kappa shape index (κ1) is 29.0. The molecule has 0 spiro atoms. The van der Waals surface area contributed by atoms with Crippen molar-refractivity contribution < 1.29 is 4.42 Å². The maximum Gasteiger partial charge on any atom is 0.344 e. The van der Waals surface area contributed by atoms with Crippen molar-refractivity contribution >= 4 is 21.7 Å². The van der Waals surface area contributed by atoms with Gasteiger partial charge in [0, 0.05) is 22.3 Å². The number of fused-ring (bicyclic) bond motifs is 10. The summed E-state index contributed by atoms with van der Waals surface area (Å²) in [5.41, 5.74) is 16.3. The summed E-state index contributed by atoms with van der Waals surface area (Å²) >= 11 is 0. The predicted molar refractivity (Wildman–Crippen MR) is 206 cm³/mol. The van der Waals surface area contributed by atoms with Crippen LogP contribution in [0.25, 0.3) is 66.2 Å². The number of hydrogen-bond acceptors (Lipinski definition) is 2. The zero-order chi connectivity index (χ0) is 33.6. The molecule has 10 rings (SSSR count). The van der Waals surface area contributed by atoms with Gasteiger partial charge >= 0.3 is 5.63 Å². The lowest BCUT2D eigenvalue weighted by molar-refractivity contribution is 0.570. The van der Waals surface area contributed by atoms with E-state index in [2.05, 4.69) is 141 Å². The molecule has 50 heavy (non-hydrogen) atoms. The van der Waals surface area contributed by atoms with E-state index < -0.39 is 0 Å². The molecule has 1 heterocycles. The smallest absolute Gasteiger partial charge is 0.344 e. The highest BCUT2D eigenvalue weighted by atomic mass is 16.4. The molecular weight excluding hydrogens is 609 g/mol. The molecule has 1 aromatic heterocycles. The third kappa shape index (κ3) is 4.18. The molecule has 0 amide bonds. The maximum absolute atomic E-state index is 14.0. The Morgan fingerprint density at radius 1 is 0.540 bits per heavy atom. The predicted octanol–water partition coefficient (Wildman–Crippen LogP) is 11.9. The monoisotopic (exact) mass is 642 g/mol. The highest BCUT2D eigenvalue weighted by Gasteiger charge is 2.40. The van der Waals surface area contributed by atoms with E-state index in [4.69, 9.17) is 4.42 Å². The molecule has 0 radical (unpaired) electrons. The van der Waals surface area contributed by atoms with Crippen LogP contribution in [-0.2, 0) is 11.8 Å². The molecule has 2 heteroatoms. The summed E-state index contributed by atoms with van der Waals surface area (Å²) in [6.07, 6.45) is 0.869. The van der Waals surface area contributed by atoms with Crippen LogP contribution in [0.3, 0.4) is 0 Å². The van der Waals surface area contributed by atoms with E-state index >= 15 is 0 Å². The molecule has 2 aliphatic carbocycles. The van der Waals surface area contributed by atoms with Gasteiger partial charge in [-0.15, -0.1) is 0 Å². The molecule has 0 saturated carbocycles. The van der Waals surface area contributed by atoms with Crippen molar-refractivity contribution in [3.8, 4) is 44.5 Å². The van der Waals surface area contributed by atoms with Gasteiger partial charge in [0.15, 0.2) is 0 Å². The molecule has 0 fully saturated rings. The van der Waals surface area contributed by atoms with Crippen LogP contribution in [0.5, 0.6) is 0 Å². The second-order valence-electron chi connectivity index (χ2n) is 14.4. The molecular formula is C48H34O2. The number of benzene rings is 7. The molecule has 0 aliphatic heterocycles. The van der Waals surface area contributed by atoms with Gasteiger partial charge in [0.1, 0.15) is 5.58 Å². The third-order valence-electron chi connectivity index (χ3n) is 11.3. The summed E-state index contributed by atoms with van der Waals surface area (Å²) in [6, 6.07) is 53.8. The van der Waals surface area contributed by atoms with Crippen LogP contribution in [-0.4, -0.2) is 0 Å². The van der Waals surface area contributed by atoms with Crippen LogP contribution < -0.4 is 5.63 Å². The average molecular weight is 643 g/mol. The van der Waals surface area contributed by atoms with Gasteiger partial charge in [0.2, 0.25) is 0 Å². The Morgan fingerprint density at radius 3 is 2.02 bits per heavy atom. The first-order valence-electron chi connectivity index (χ1n) is 17.5. The number of hydrogen-bond donors (Lipinski definition) is 0. The Labute approximate surface area is 291 Å². The molecule has 1 atom stereocenters. The molecule has 2 aliphatic rings. The number of rotatable bonds is 3. The molecule has 0 bridgehead atoms. The minimum Gasteiger partial charge on any atom is -0.422 e. The summed E-state index contributed by atoms with van der Waals surface area (Å²) in [7, 11) is 0. The highest BCUT2D eigenvalue weighted by molar-refractivity contribution is 6.10. The minimum absolute atomic E-state index is 0.0970. The maximum atomic E-state index is 14.0. The van der Waals surface area contributed by atoms with Crippen LogP contribution in [0.2, 0.25) is 0 Å². The average Bonchev–Trinajstić information content (AvgIpc) is 3.41. The summed E-state index contributed by atoms with van der Waals surface area (Å²) in [4.78, 5) is 14.0. The Kier molecular flexibility index (Phi) is 6.23. The summed E-state index contributed by atoms with van der Waals surface area (Å²) in [5.74, 6) is 0.0970. The second-order valence-corrected chi connectivity index (χ2v) is 14.4. The van der Waals surface area contributed by atoms with E-state index in [0.717, 1.165) is 45.0 Å². The summed E-state index contributed by atoms with van der Waals surface area (Å²) in [5, 5.41) is 2.48. The first-order valence-corrected chi connectivity index (χ1v) is 17.5. The molecule has 238 valence electrons. The highest BCUT2D eigenvalue weighted by Crippen LogP contribution is 2.55. The van der Waals surface area contributed by atoms with E-state index in [1.54, 1.807) is 0 Å². The fraction of sp³-hybridized carbons (Fsp3) is 0.104. The second kappa shape index (κ2) is 10.8. The van der Waals surface area contributed by atoms with E-state index in [1.807, 2.05) is 24.3 Å². The zero-order valence-corrected chi connectivity index (χ0v) is 28.0. The van der Waals surface area contributed by atoms with Crippen molar-refractivity contribution in [2.45, 2.75) is 31.6 Å². The zero-order valence-electron chi connectivity index (χ0n) is 28.0. The standard InChI is InChI=1S/C48H34O2/c1-48(2)44-20-12-11-19-37(44)38-24-23-35-33-17-9-10-18-34(33)39(28-41(35)45(38)48)31-21-22-36-42-27-32(29-13-5-3-6-14-29)26-40(30-15-7-4-8-16-30)46(42)50-47(49)43(36)25-31/h3-27,39H,28H2,1-2H3. The molecule has 8 aromatic rings. The lowest BCUT2D eigenvalue weighted by Gasteiger charge is -2.33.